The van der Waals surface area contributed by atoms with Crippen LogP contribution in [0.1, 0.15) is 44.5 Å². The molecule has 6 heteroatoms. The minimum atomic E-state index is 0.0344. The quantitative estimate of drug-likeness (QED) is 0.917. The molecule has 0 saturated carbocycles. The van der Waals surface area contributed by atoms with Crippen molar-refractivity contribution in [1.82, 2.24) is 19.7 Å². The first-order chi connectivity index (χ1) is 11.6. The normalized spacial score (nSPS) is 18.7. The largest absolute Gasteiger partial charge is 0.325 e. The zero-order chi connectivity index (χ0) is 16.9. The van der Waals surface area contributed by atoms with Crippen LogP contribution in [0.5, 0.6) is 0 Å². The van der Waals surface area contributed by atoms with E-state index in [0.717, 1.165) is 37.4 Å². The molecule has 1 aromatic carbocycles. The second-order valence-electron chi connectivity index (χ2n) is 6.68. The van der Waals surface area contributed by atoms with Gasteiger partial charge in [0, 0.05) is 24.2 Å². The molecule has 1 N–H and O–H groups in total. The fourth-order valence-electron chi connectivity index (χ4n) is 3.28. The maximum atomic E-state index is 12.3. The Kier molecular flexibility index (Phi) is 5.25. The fourth-order valence-corrected chi connectivity index (χ4v) is 3.28. The molecule has 0 spiro atoms. The Morgan fingerprint density at radius 1 is 1.33 bits per heavy atom. The van der Waals surface area contributed by atoms with Crippen molar-refractivity contribution in [3.8, 4) is 0 Å². The van der Waals surface area contributed by atoms with Crippen LogP contribution < -0.4 is 5.32 Å². The van der Waals surface area contributed by atoms with Crippen molar-refractivity contribution in [2.45, 2.75) is 38.6 Å². The summed E-state index contributed by atoms with van der Waals surface area (Å²) in [6.07, 6.45) is 3.98. The number of piperidine rings is 1. The Balaban J connectivity index is 1.59. The number of amides is 1. The molecule has 2 aromatic rings. The van der Waals surface area contributed by atoms with Crippen LogP contribution in [-0.4, -0.2) is 45.2 Å². The van der Waals surface area contributed by atoms with E-state index in [9.17, 15) is 4.79 Å². The van der Waals surface area contributed by atoms with Gasteiger partial charge in [-0.2, -0.15) is 0 Å². The lowest BCUT2D eigenvalue weighted by atomic mass is 9.97. The van der Waals surface area contributed by atoms with E-state index in [4.69, 9.17) is 0 Å². The van der Waals surface area contributed by atoms with E-state index in [1.165, 1.54) is 0 Å². The summed E-state index contributed by atoms with van der Waals surface area (Å²) in [4.78, 5) is 14.5. The molecule has 0 aliphatic carbocycles. The van der Waals surface area contributed by atoms with Gasteiger partial charge in [-0.15, -0.1) is 10.2 Å². The highest BCUT2D eigenvalue weighted by atomic mass is 16.2. The summed E-state index contributed by atoms with van der Waals surface area (Å²) in [6, 6.07) is 9.95. The van der Waals surface area contributed by atoms with E-state index in [1.54, 1.807) is 6.33 Å². The molecule has 0 bridgehead atoms. The minimum Gasteiger partial charge on any atom is -0.325 e. The van der Waals surface area contributed by atoms with E-state index < -0.39 is 0 Å². The summed E-state index contributed by atoms with van der Waals surface area (Å²) < 4.78 is 2.14. The predicted octanol–water partition coefficient (Wildman–Crippen LogP) is 2.68. The van der Waals surface area contributed by atoms with E-state index in [1.807, 2.05) is 30.3 Å². The third-order valence-corrected chi connectivity index (χ3v) is 4.45. The molecule has 1 unspecified atom stereocenters. The average Bonchev–Trinajstić information content (AvgIpc) is 3.06. The lowest BCUT2D eigenvalue weighted by Crippen LogP contribution is -2.40. The molecule has 1 atom stereocenters. The molecule has 6 nitrogen and oxygen atoms in total. The molecular weight excluding hydrogens is 302 g/mol. The number of rotatable bonds is 5. The van der Waals surface area contributed by atoms with Gasteiger partial charge in [0.2, 0.25) is 5.91 Å². The van der Waals surface area contributed by atoms with Gasteiger partial charge in [-0.3, -0.25) is 9.69 Å². The molecule has 1 amide bonds. The Morgan fingerprint density at radius 2 is 2.12 bits per heavy atom. The van der Waals surface area contributed by atoms with E-state index >= 15 is 0 Å². The summed E-state index contributed by atoms with van der Waals surface area (Å²) in [5, 5.41) is 11.4. The summed E-state index contributed by atoms with van der Waals surface area (Å²) in [5.74, 6) is 1.42. The number of anilines is 1. The number of carbonyl (C=O) groups excluding carboxylic acids is 1. The van der Waals surface area contributed by atoms with E-state index in [0.29, 0.717) is 18.5 Å². The van der Waals surface area contributed by atoms with Crippen LogP contribution in [0.15, 0.2) is 36.7 Å². The molecule has 2 heterocycles. The van der Waals surface area contributed by atoms with Gasteiger partial charge in [-0.05, 0) is 45.4 Å². The molecule has 1 saturated heterocycles. The molecule has 128 valence electrons. The SMILES string of the molecule is CC(C)n1cnnc1C1CCCN(CC(=O)Nc2ccccc2)C1. The van der Waals surface area contributed by atoms with Crippen molar-refractivity contribution < 1.29 is 4.79 Å². The van der Waals surface area contributed by atoms with E-state index in [2.05, 4.69) is 38.8 Å². The Morgan fingerprint density at radius 3 is 2.88 bits per heavy atom. The van der Waals surface area contributed by atoms with Crippen molar-refractivity contribution in [1.29, 1.82) is 0 Å². The first-order valence-electron chi connectivity index (χ1n) is 8.60. The molecule has 1 aromatic heterocycles. The van der Waals surface area contributed by atoms with E-state index in [-0.39, 0.29) is 5.91 Å². The molecule has 3 rings (SSSR count). The fraction of sp³-hybridized carbons (Fsp3) is 0.500. The molecule has 0 radical (unpaired) electrons. The van der Waals surface area contributed by atoms with Gasteiger partial charge in [-0.1, -0.05) is 18.2 Å². The van der Waals surface area contributed by atoms with Crippen LogP contribution in [-0.2, 0) is 4.79 Å². The van der Waals surface area contributed by atoms with Crippen LogP contribution in [0.3, 0.4) is 0 Å². The van der Waals surface area contributed by atoms with Crippen LogP contribution in [0, 0.1) is 0 Å². The van der Waals surface area contributed by atoms with Crippen molar-refractivity contribution in [2.75, 3.05) is 25.0 Å². The third kappa shape index (κ3) is 4.00. The number of hydrogen-bond donors (Lipinski definition) is 1. The van der Waals surface area contributed by atoms with Gasteiger partial charge in [0.1, 0.15) is 12.2 Å². The summed E-state index contributed by atoms with van der Waals surface area (Å²) in [5.41, 5.74) is 0.843. The molecule has 1 aliphatic heterocycles. The summed E-state index contributed by atoms with van der Waals surface area (Å²) in [6.45, 7) is 6.50. The predicted molar refractivity (Wildman–Crippen MR) is 93.9 cm³/mol. The Labute approximate surface area is 142 Å². The average molecular weight is 327 g/mol. The van der Waals surface area contributed by atoms with Gasteiger partial charge in [-0.25, -0.2) is 0 Å². The minimum absolute atomic E-state index is 0.0344. The smallest absolute Gasteiger partial charge is 0.238 e. The van der Waals surface area contributed by atoms with Crippen molar-refractivity contribution in [3.05, 3.63) is 42.5 Å². The van der Waals surface area contributed by atoms with Crippen molar-refractivity contribution in [3.63, 3.8) is 0 Å². The van der Waals surface area contributed by atoms with Crippen LogP contribution >= 0.6 is 0 Å². The second kappa shape index (κ2) is 7.57. The van der Waals surface area contributed by atoms with Crippen LogP contribution in [0.4, 0.5) is 5.69 Å². The number of nitrogens with zero attached hydrogens (tertiary/aromatic N) is 4. The zero-order valence-electron chi connectivity index (χ0n) is 14.4. The number of benzene rings is 1. The zero-order valence-corrected chi connectivity index (χ0v) is 14.4. The number of aromatic nitrogens is 3. The van der Waals surface area contributed by atoms with Crippen molar-refractivity contribution in [2.24, 2.45) is 0 Å². The standard InChI is InChI=1S/C18H25N5O/c1-14(2)23-13-19-21-18(23)15-7-6-10-22(11-15)12-17(24)20-16-8-4-3-5-9-16/h3-5,8-9,13-15H,6-7,10-12H2,1-2H3,(H,20,24). The van der Waals surface area contributed by atoms with Gasteiger partial charge in [0.15, 0.2) is 0 Å². The van der Waals surface area contributed by atoms with Crippen LogP contribution in [0.25, 0.3) is 0 Å². The highest BCUT2D eigenvalue weighted by Gasteiger charge is 2.26. The molecule has 1 aliphatic rings. The topological polar surface area (TPSA) is 63.1 Å². The highest BCUT2D eigenvalue weighted by Crippen LogP contribution is 2.26. The molecule has 24 heavy (non-hydrogen) atoms. The highest BCUT2D eigenvalue weighted by molar-refractivity contribution is 5.92. The Hall–Kier alpha value is -2.21. The van der Waals surface area contributed by atoms with Gasteiger partial charge in [0.25, 0.3) is 0 Å². The number of likely N-dealkylation sites (tertiary alicyclic amines) is 1. The second-order valence-corrected chi connectivity index (χ2v) is 6.68. The first-order valence-corrected chi connectivity index (χ1v) is 8.60. The molecule has 1 fully saturated rings. The van der Waals surface area contributed by atoms with Gasteiger partial charge >= 0.3 is 0 Å². The molecular formula is C18H25N5O. The number of hydrogen-bond acceptors (Lipinski definition) is 4. The van der Waals surface area contributed by atoms with Gasteiger partial charge in [0.05, 0.1) is 6.54 Å². The Bertz CT molecular complexity index is 667. The first kappa shape index (κ1) is 16.6. The number of para-hydroxylation sites is 1. The lowest BCUT2D eigenvalue weighted by molar-refractivity contribution is -0.117. The van der Waals surface area contributed by atoms with Crippen LogP contribution in [0.2, 0.25) is 0 Å². The maximum Gasteiger partial charge on any atom is 0.238 e. The monoisotopic (exact) mass is 327 g/mol. The third-order valence-electron chi connectivity index (χ3n) is 4.45. The number of carbonyl (C=O) groups is 1. The summed E-state index contributed by atoms with van der Waals surface area (Å²) in [7, 11) is 0. The maximum absolute atomic E-state index is 12.3. The lowest BCUT2D eigenvalue weighted by Gasteiger charge is -2.32. The summed E-state index contributed by atoms with van der Waals surface area (Å²) >= 11 is 0. The number of nitrogens with one attached hydrogen (secondary N) is 1. The van der Waals surface area contributed by atoms with Gasteiger partial charge < -0.3 is 9.88 Å². The van der Waals surface area contributed by atoms with Crippen molar-refractivity contribution >= 4 is 11.6 Å².